The highest BCUT2D eigenvalue weighted by Gasteiger charge is 2.42. The molecule has 4 heteroatoms. The van der Waals surface area contributed by atoms with Gasteiger partial charge < -0.3 is 0 Å². The van der Waals surface area contributed by atoms with E-state index in [-0.39, 0.29) is 5.69 Å². The van der Waals surface area contributed by atoms with Crippen LogP contribution < -0.4 is 5.69 Å². The van der Waals surface area contributed by atoms with E-state index in [9.17, 15) is 4.79 Å². The van der Waals surface area contributed by atoms with Crippen molar-refractivity contribution in [2.75, 3.05) is 5.33 Å². The molecule has 84 valence electrons. The van der Waals surface area contributed by atoms with Crippen LogP contribution in [0.15, 0.2) is 17.2 Å². The van der Waals surface area contributed by atoms with E-state index < -0.39 is 0 Å². The molecule has 0 bridgehead atoms. The Balaban J connectivity index is 2.12. The molecule has 0 aromatic carbocycles. The summed E-state index contributed by atoms with van der Waals surface area (Å²) in [5, 5.41) is 1.01. The zero-order chi connectivity index (χ0) is 10.9. The zero-order valence-corrected chi connectivity index (χ0v) is 10.7. The van der Waals surface area contributed by atoms with E-state index in [0.29, 0.717) is 5.41 Å². The van der Waals surface area contributed by atoms with Crippen molar-refractivity contribution in [1.82, 2.24) is 9.13 Å². The molecule has 1 fully saturated rings. The first-order valence-electron chi connectivity index (χ1n) is 5.52. The number of hydrogen-bond donors (Lipinski definition) is 0. The maximum absolute atomic E-state index is 11.9. The van der Waals surface area contributed by atoms with Gasteiger partial charge in [-0.05, 0) is 24.7 Å². The number of imidazole rings is 1. The van der Waals surface area contributed by atoms with Gasteiger partial charge in [0.15, 0.2) is 0 Å². The predicted octanol–water partition coefficient (Wildman–Crippen LogP) is 2.23. The molecule has 1 aliphatic rings. The third-order valence-corrected chi connectivity index (χ3v) is 4.32. The molecule has 2 rings (SSSR count). The zero-order valence-electron chi connectivity index (χ0n) is 9.08. The van der Waals surface area contributed by atoms with E-state index in [1.807, 2.05) is 17.0 Å². The third-order valence-electron chi connectivity index (χ3n) is 3.13. The van der Waals surface area contributed by atoms with E-state index in [1.165, 1.54) is 12.8 Å². The highest BCUT2D eigenvalue weighted by Crippen LogP contribution is 2.48. The second-order valence-corrected chi connectivity index (χ2v) is 5.10. The minimum atomic E-state index is 0.143. The van der Waals surface area contributed by atoms with Gasteiger partial charge >= 0.3 is 5.69 Å². The second kappa shape index (κ2) is 4.16. The average Bonchev–Trinajstić information content (AvgIpc) is 2.94. The summed E-state index contributed by atoms with van der Waals surface area (Å²) in [6.07, 6.45) is 7.30. The number of aromatic nitrogens is 2. The van der Waals surface area contributed by atoms with Gasteiger partial charge in [0, 0.05) is 30.8 Å². The van der Waals surface area contributed by atoms with Crippen molar-refractivity contribution in [2.24, 2.45) is 5.41 Å². The third kappa shape index (κ3) is 2.19. The summed E-state index contributed by atoms with van der Waals surface area (Å²) in [5.74, 6) is 0. The molecule has 1 aliphatic carbocycles. The van der Waals surface area contributed by atoms with Crippen LogP contribution in [0.1, 0.15) is 26.2 Å². The molecule has 0 N–H and O–H groups in total. The fraction of sp³-hybridized carbons (Fsp3) is 0.727. The highest BCUT2D eigenvalue weighted by atomic mass is 79.9. The SMILES string of the molecule is CCCn1ccn(CC2(CBr)CC2)c1=O. The lowest BCUT2D eigenvalue weighted by Gasteiger charge is -2.10. The van der Waals surface area contributed by atoms with Crippen molar-refractivity contribution in [3.8, 4) is 0 Å². The summed E-state index contributed by atoms with van der Waals surface area (Å²) in [4.78, 5) is 11.9. The summed E-state index contributed by atoms with van der Waals surface area (Å²) >= 11 is 3.53. The second-order valence-electron chi connectivity index (χ2n) is 4.54. The summed E-state index contributed by atoms with van der Waals surface area (Å²) in [5.41, 5.74) is 0.506. The normalized spacial score (nSPS) is 18.0. The highest BCUT2D eigenvalue weighted by molar-refractivity contribution is 9.09. The average molecular weight is 273 g/mol. The lowest BCUT2D eigenvalue weighted by atomic mass is 10.1. The molecule has 0 atom stereocenters. The number of halogens is 1. The first-order chi connectivity index (χ1) is 7.21. The minimum absolute atomic E-state index is 0.143. The maximum Gasteiger partial charge on any atom is 0.328 e. The van der Waals surface area contributed by atoms with E-state index in [0.717, 1.165) is 24.8 Å². The molecule has 0 aliphatic heterocycles. The molecular weight excluding hydrogens is 256 g/mol. The van der Waals surface area contributed by atoms with Gasteiger partial charge in [0.1, 0.15) is 0 Å². The van der Waals surface area contributed by atoms with Crippen LogP contribution in [0.25, 0.3) is 0 Å². The van der Waals surface area contributed by atoms with Crippen LogP contribution in [-0.4, -0.2) is 14.5 Å². The Labute approximate surface area is 98.2 Å². The molecule has 0 amide bonds. The van der Waals surface area contributed by atoms with Crippen LogP contribution >= 0.6 is 15.9 Å². The molecule has 15 heavy (non-hydrogen) atoms. The van der Waals surface area contributed by atoms with Crippen molar-refractivity contribution in [3.05, 3.63) is 22.9 Å². The Kier molecular flexibility index (Phi) is 3.05. The van der Waals surface area contributed by atoms with Gasteiger partial charge in [0.05, 0.1) is 0 Å². The molecule has 0 spiro atoms. The lowest BCUT2D eigenvalue weighted by Crippen LogP contribution is -2.27. The Morgan fingerprint density at radius 1 is 1.40 bits per heavy atom. The summed E-state index contributed by atoms with van der Waals surface area (Å²) in [7, 11) is 0. The molecule has 1 aromatic rings. The fourth-order valence-electron chi connectivity index (χ4n) is 1.86. The predicted molar refractivity (Wildman–Crippen MR) is 64.4 cm³/mol. The number of rotatable bonds is 5. The van der Waals surface area contributed by atoms with Gasteiger partial charge in [0.2, 0.25) is 0 Å². The van der Waals surface area contributed by atoms with E-state index in [4.69, 9.17) is 0 Å². The summed E-state index contributed by atoms with van der Waals surface area (Å²) in [6, 6.07) is 0. The lowest BCUT2D eigenvalue weighted by molar-refractivity contribution is 0.458. The summed E-state index contributed by atoms with van der Waals surface area (Å²) < 4.78 is 3.65. The molecule has 0 saturated heterocycles. The molecule has 1 heterocycles. The fourth-order valence-corrected chi connectivity index (χ4v) is 2.60. The van der Waals surface area contributed by atoms with Crippen LogP contribution in [0, 0.1) is 5.41 Å². The number of hydrogen-bond acceptors (Lipinski definition) is 1. The van der Waals surface area contributed by atoms with Gasteiger partial charge in [-0.2, -0.15) is 0 Å². The van der Waals surface area contributed by atoms with Crippen LogP contribution in [0.2, 0.25) is 0 Å². The van der Waals surface area contributed by atoms with E-state index >= 15 is 0 Å². The minimum Gasteiger partial charge on any atom is -0.299 e. The Morgan fingerprint density at radius 3 is 2.60 bits per heavy atom. The van der Waals surface area contributed by atoms with Crippen LogP contribution in [0.3, 0.4) is 0 Å². The van der Waals surface area contributed by atoms with Gasteiger partial charge in [-0.1, -0.05) is 22.9 Å². The molecule has 0 unspecified atom stereocenters. The van der Waals surface area contributed by atoms with Gasteiger partial charge in [-0.3, -0.25) is 9.13 Å². The van der Waals surface area contributed by atoms with Gasteiger partial charge in [-0.25, -0.2) is 4.79 Å². The van der Waals surface area contributed by atoms with Crippen LogP contribution in [-0.2, 0) is 13.1 Å². The summed E-state index contributed by atoms with van der Waals surface area (Å²) in [6.45, 7) is 3.78. The standard InChI is InChI=1S/C11H17BrN2O/c1-2-5-13-6-7-14(10(13)15)9-11(8-12)3-4-11/h6-7H,2-5,8-9H2,1H3. The van der Waals surface area contributed by atoms with E-state index in [1.54, 1.807) is 4.57 Å². The number of nitrogens with zero attached hydrogens (tertiary/aromatic N) is 2. The van der Waals surface area contributed by atoms with Crippen molar-refractivity contribution < 1.29 is 0 Å². The number of alkyl halides is 1. The van der Waals surface area contributed by atoms with Crippen LogP contribution in [0.4, 0.5) is 0 Å². The van der Waals surface area contributed by atoms with Crippen molar-refractivity contribution in [1.29, 1.82) is 0 Å². The Bertz CT molecular complexity index is 390. The molecule has 1 aromatic heterocycles. The van der Waals surface area contributed by atoms with Gasteiger partial charge in [0.25, 0.3) is 0 Å². The van der Waals surface area contributed by atoms with Crippen molar-refractivity contribution in [2.45, 2.75) is 39.3 Å². The smallest absolute Gasteiger partial charge is 0.299 e. The van der Waals surface area contributed by atoms with Crippen LogP contribution in [0.5, 0.6) is 0 Å². The maximum atomic E-state index is 11.9. The number of aryl methyl sites for hydroxylation is 1. The Hall–Kier alpha value is -0.510. The molecule has 1 saturated carbocycles. The molecule has 0 radical (unpaired) electrons. The first kappa shape index (κ1) is 11.0. The first-order valence-corrected chi connectivity index (χ1v) is 6.64. The van der Waals surface area contributed by atoms with E-state index in [2.05, 4.69) is 22.9 Å². The molecular formula is C11H17BrN2O. The van der Waals surface area contributed by atoms with Gasteiger partial charge in [-0.15, -0.1) is 0 Å². The quantitative estimate of drug-likeness (QED) is 0.756. The van der Waals surface area contributed by atoms with Crippen molar-refractivity contribution in [3.63, 3.8) is 0 Å². The Morgan fingerprint density at radius 2 is 2.07 bits per heavy atom. The van der Waals surface area contributed by atoms with Crippen molar-refractivity contribution >= 4 is 15.9 Å². The largest absolute Gasteiger partial charge is 0.328 e. The monoisotopic (exact) mass is 272 g/mol. The molecule has 3 nitrogen and oxygen atoms in total. The topological polar surface area (TPSA) is 26.9 Å².